The van der Waals surface area contributed by atoms with Crippen LogP contribution >= 0.6 is 0 Å². The highest BCUT2D eigenvalue weighted by Crippen LogP contribution is 2.18. The summed E-state index contributed by atoms with van der Waals surface area (Å²) < 4.78 is 40.6. The predicted molar refractivity (Wildman–Crippen MR) is 123 cm³/mol. The number of allylic oxidation sites excluding steroid dienone is 3. The van der Waals surface area contributed by atoms with Gasteiger partial charge >= 0.3 is 0 Å². The van der Waals surface area contributed by atoms with Crippen LogP contribution in [0.1, 0.15) is 18.9 Å². The first-order valence-electron chi connectivity index (χ1n) is 9.62. The number of terminal acetylenes is 1. The number of amides is 1. The number of hydrogen-bond acceptors (Lipinski definition) is 3. The van der Waals surface area contributed by atoms with E-state index in [1.54, 1.807) is 30.1 Å². The van der Waals surface area contributed by atoms with Crippen molar-refractivity contribution in [1.82, 2.24) is 4.90 Å². The normalized spacial score (nSPS) is 11.2. The fourth-order valence-electron chi connectivity index (χ4n) is 2.71. The van der Waals surface area contributed by atoms with Gasteiger partial charge in [0, 0.05) is 36.1 Å². The molecule has 0 radical (unpaired) electrons. The molecule has 0 heterocycles. The zero-order valence-electron chi connectivity index (χ0n) is 17.8. The van der Waals surface area contributed by atoms with Crippen LogP contribution in [0.5, 0.6) is 0 Å². The van der Waals surface area contributed by atoms with Crippen molar-refractivity contribution < 1.29 is 18.0 Å². The molecule has 0 spiro atoms. The van der Waals surface area contributed by atoms with Crippen molar-refractivity contribution in [2.24, 2.45) is 5.73 Å². The van der Waals surface area contributed by atoms with E-state index >= 15 is 0 Å². The van der Waals surface area contributed by atoms with Crippen molar-refractivity contribution in [3.63, 3.8) is 0 Å². The van der Waals surface area contributed by atoms with Crippen molar-refractivity contribution in [3.8, 4) is 12.8 Å². The van der Waals surface area contributed by atoms with E-state index in [1.165, 1.54) is 30.3 Å². The van der Waals surface area contributed by atoms with Gasteiger partial charge in [0.25, 0.3) is 5.91 Å². The Bertz CT molecular complexity index is 991. The summed E-state index contributed by atoms with van der Waals surface area (Å²) in [6, 6.07) is 8.62. The first-order valence-corrected chi connectivity index (χ1v) is 9.62. The monoisotopic (exact) mass is 441 g/mol. The summed E-state index contributed by atoms with van der Waals surface area (Å²) in [5, 5.41) is 2.70. The molecule has 3 N–H and O–H groups in total. The average molecular weight is 441 g/mol. The number of anilines is 1. The van der Waals surface area contributed by atoms with Crippen LogP contribution in [0.3, 0.4) is 0 Å². The number of nitrogens with two attached hydrogens (primary N) is 1. The van der Waals surface area contributed by atoms with Gasteiger partial charge in [-0.3, -0.25) is 4.79 Å². The molecule has 1 amide bonds. The SMILES string of the molecule is C#C.C=CCN(Cc1ccc(F)cc1F)/C(=C\C/C=C(\C)N)C(=O)Nc1ccc(F)cc1. The highest BCUT2D eigenvalue weighted by molar-refractivity contribution is 6.03. The van der Waals surface area contributed by atoms with Crippen molar-refractivity contribution >= 4 is 11.6 Å². The predicted octanol–water partition coefficient (Wildman–Crippen LogP) is 5.12. The van der Waals surface area contributed by atoms with Crippen molar-refractivity contribution in [3.05, 3.63) is 102 Å². The number of rotatable bonds is 9. The molecule has 0 saturated carbocycles. The Morgan fingerprint density at radius 3 is 2.28 bits per heavy atom. The Morgan fingerprint density at radius 1 is 1.09 bits per heavy atom. The zero-order valence-corrected chi connectivity index (χ0v) is 17.8. The Hall–Kier alpha value is -3.92. The second kappa shape index (κ2) is 13.4. The summed E-state index contributed by atoms with van der Waals surface area (Å²) in [6.07, 6.45) is 13.3. The number of nitrogens with zero attached hydrogens (tertiary/aromatic N) is 1. The van der Waals surface area contributed by atoms with Crippen molar-refractivity contribution in [2.45, 2.75) is 19.9 Å². The van der Waals surface area contributed by atoms with E-state index in [1.807, 2.05) is 0 Å². The van der Waals surface area contributed by atoms with E-state index in [2.05, 4.69) is 24.7 Å². The molecule has 0 atom stereocenters. The molecule has 2 aromatic rings. The lowest BCUT2D eigenvalue weighted by Gasteiger charge is -2.26. The molecule has 0 aliphatic carbocycles. The molecule has 32 heavy (non-hydrogen) atoms. The van der Waals surface area contributed by atoms with Gasteiger partial charge in [-0.25, -0.2) is 13.2 Å². The molecule has 7 heteroatoms. The summed E-state index contributed by atoms with van der Waals surface area (Å²) in [5.74, 6) is -2.28. The molecule has 0 fully saturated rings. The lowest BCUT2D eigenvalue weighted by Crippen LogP contribution is -2.31. The van der Waals surface area contributed by atoms with Gasteiger partial charge in [-0.1, -0.05) is 24.3 Å². The second-order valence-electron chi connectivity index (χ2n) is 6.64. The smallest absolute Gasteiger partial charge is 0.271 e. The highest BCUT2D eigenvalue weighted by Gasteiger charge is 2.19. The third-order valence-electron chi connectivity index (χ3n) is 4.15. The maximum atomic E-state index is 14.2. The molecular formula is C25H26F3N3O. The maximum Gasteiger partial charge on any atom is 0.271 e. The number of carbonyl (C=O) groups is 1. The minimum atomic E-state index is -0.708. The molecule has 0 aliphatic rings. The Morgan fingerprint density at radius 2 is 1.72 bits per heavy atom. The first-order chi connectivity index (χ1) is 15.3. The summed E-state index contributed by atoms with van der Waals surface area (Å²) in [5.41, 5.74) is 7.14. The Kier molecular flexibility index (Phi) is 10.9. The summed E-state index contributed by atoms with van der Waals surface area (Å²) in [6.45, 7) is 5.68. The van der Waals surface area contributed by atoms with Crippen LogP contribution in [0.2, 0.25) is 0 Å². The van der Waals surface area contributed by atoms with Crippen LogP contribution in [0.25, 0.3) is 0 Å². The maximum absolute atomic E-state index is 14.2. The highest BCUT2D eigenvalue weighted by atomic mass is 19.1. The average Bonchev–Trinajstić information content (AvgIpc) is 2.75. The molecule has 2 aromatic carbocycles. The van der Waals surface area contributed by atoms with Crippen LogP contribution < -0.4 is 11.1 Å². The third-order valence-corrected chi connectivity index (χ3v) is 4.15. The van der Waals surface area contributed by atoms with Gasteiger partial charge in [0.15, 0.2) is 0 Å². The van der Waals surface area contributed by atoms with Gasteiger partial charge in [0.2, 0.25) is 0 Å². The largest absolute Gasteiger partial charge is 0.403 e. The van der Waals surface area contributed by atoms with Gasteiger partial charge in [0.1, 0.15) is 17.5 Å². The van der Waals surface area contributed by atoms with Gasteiger partial charge in [-0.15, -0.1) is 19.4 Å². The zero-order chi connectivity index (χ0) is 24.1. The third kappa shape index (κ3) is 8.44. The Balaban J connectivity index is 0.00000249. The van der Waals surface area contributed by atoms with Gasteiger partial charge < -0.3 is 16.0 Å². The van der Waals surface area contributed by atoms with Gasteiger partial charge in [-0.05, 0) is 43.7 Å². The van der Waals surface area contributed by atoms with E-state index in [-0.39, 0.29) is 24.4 Å². The summed E-state index contributed by atoms with van der Waals surface area (Å²) >= 11 is 0. The van der Waals surface area contributed by atoms with E-state index in [9.17, 15) is 18.0 Å². The molecule has 0 unspecified atom stereocenters. The van der Waals surface area contributed by atoms with E-state index in [0.717, 1.165) is 12.1 Å². The van der Waals surface area contributed by atoms with Crippen LogP contribution in [-0.4, -0.2) is 17.4 Å². The molecular weight excluding hydrogens is 415 g/mol. The number of nitrogens with one attached hydrogen (secondary N) is 1. The Labute approximate surface area is 186 Å². The van der Waals surface area contributed by atoms with Crippen LogP contribution in [0, 0.1) is 30.3 Å². The second-order valence-corrected chi connectivity index (χ2v) is 6.64. The molecule has 0 aromatic heterocycles. The molecule has 0 saturated heterocycles. The van der Waals surface area contributed by atoms with Gasteiger partial charge in [-0.2, -0.15) is 0 Å². The van der Waals surface area contributed by atoms with Crippen molar-refractivity contribution in [2.75, 3.05) is 11.9 Å². The van der Waals surface area contributed by atoms with E-state index in [0.29, 0.717) is 17.8 Å². The van der Waals surface area contributed by atoms with E-state index in [4.69, 9.17) is 5.73 Å². The first kappa shape index (κ1) is 26.1. The fraction of sp³-hybridized carbons (Fsp3) is 0.160. The lowest BCUT2D eigenvalue weighted by atomic mass is 10.1. The topological polar surface area (TPSA) is 58.4 Å². The van der Waals surface area contributed by atoms with Crippen LogP contribution in [0.15, 0.2) is 78.7 Å². The summed E-state index contributed by atoms with van der Waals surface area (Å²) in [7, 11) is 0. The minimum Gasteiger partial charge on any atom is -0.403 e. The fourth-order valence-corrected chi connectivity index (χ4v) is 2.71. The molecule has 4 nitrogen and oxygen atoms in total. The quantitative estimate of drug-likeness (QED) is 0.323. The standard InChI is InChI=1S/C23H24F3N3O.C2H2/c1-3-13-29(15-17-7-8-19(25)14-21(17)26)22(6-4-5-16(2)27)23(30)28-20-11-9-18(24)10-12-20;1-2/h3,5-12,14H,1,4,13,15,27H2,2H3,(H,28,30);1-2H/b16-5+,22-6-;. The molecule has 2 rings (SSSR count). The van der Waals surface area contributed by atoms with Crippen molar-refractivity contribution in [1.29, 1.82) is 0 Å². The van der Waals surface area contributed by atoms with Crippen LogP contribution in [-0.2, 0) is 11.3 Å². The van der Waals surface area contributed by atoms with Gasteiger partial charge in [0.05, 0.1) is 5.70 Å². The number of carbonyl (C=O) groups excluding carboxylic acids is 1. The molecule has 168 valence electrons. The minimum absolute atomic E-state index is 0.0200. The molecule has 0 bridgehead atoms. The number of halogens is 3. The lowest BCUT2D eigenvalue weighted by molar-refractivity contribution is -0.114. The van der Waals surface area contributed by atoms with E-state index < -0.39 is 23.4 Å². The van der Waals surface area contributed by atoms with Crippen LogP contribution in [0.4, 0.5) is 18.9 Å². The molecule has 0 aliphatic heterocycles. The number of hydrogen-bond donors (Lipinski definition) is 2. The number of benzene rings is 2. The summed E-state index contributed by atoms with van der Waals surface area (Å²) in [4.78, 5) is 14.6.